The van der Waals surface area contributed by atoms with Crippen LogP contribution in [0.5, 0.6) is 0 Å². The third kappa shape index (κ3) is 8.67. The largest absolute Gasteiger partial charge is 0.317 e. The maximum atomic E-state index is 12.2. The molecule has 0 aliphatic rings. The minimum Gasteiger partial charge on any atom is -0.317 e. The first kappa shape index (κ1) is 20.4. The standard InChI is InChI=1S/C11H24FN2O3PS2/c1-4-7-14(20-13-10-11(12)15)18(19,16-8-5-2)17-9-6-3/h13H,4-10H2,1-3H3. The van der Waals surface area contributed by atoms with Crippen molar-refractivity contribution in [3.8, 4) is 0 Å². The number of nitrogens with zero attached hydrogens (tertiary/aromatic N) is 1. The molecule has 0 aromatic carbocycles. The maximum absolute atomic E-state index is 12.2. The van der Waals surface area contributed by atoms with Crippen molar-refractivity contribution in [2.24, 2.45) is 0 Å². The van der Waals surface area contributed by atoms with Gasteiger partial charge >= 0.3 is 6.04 Å². The Labute approximate surface area is 130 Å². The van der Waals surface area contributed by atoms with Gasteiger partial charge in [-0.1, -0.05) is 20.8 Å². The lowest BCUT2D eigenvalue weighted by molar-refractivity contribution is -0.127. The van der Waals surface area contributed by atoms with Gasteiger partial charge in [-0.15, -0.1) is 0 Å². The average molecular weight is 346 g/mol. The lowest BCUT2D eigenvalue weighted by Gasteiger charge is -2.32. The Balaban J connectivity index is 4.70. The van der Waals surface area contributed by atoms with E-state index in [0.29, 0.717) is 19.8 Å². The zero-order chi connectivity index (χ0) is 15.4. The molecular formula is C11H24FN2O3PS2. The molecule has 120 valence electrons. The number of carbonyl (C=O) groups excluding carboxylic acids is 1. The number of rotatable bonds is 13. The normalized spacial score (nSPS) is 12.1. The highest BCUT2D eigenvalue weighted by molar-refractivity contribution is 8.15. The molecule has 0 aromatic heterocycles. The van der Waals surface area contributed by atoms with Gasteiger partial charge in [0.15, 0.2) is 0 Å². The summed E-state index contributed by atoms with van der Waals surface area (Å²) >= 11 is 6.65. The molecule has 0 saturated carbocycles. The second-order valence-electron chi connectivity index (χ2n) is 3.98. The minimum atomic E-state index is -2.61. The first-order valence-corrected chi connectivity index (χ1v) is 10.1. The Morgan fingerprint density at radius 3 is 2.20 bits per heavy atom. The molecule has 1 N–H and O–H groups in total. The molecule has 0 rings (SSSR count). The van der Waals surface area contributed by atoms with Crippen LogP contribution in [0, 0.1) is 0 Å². The van der Waals surface area contributed by atoms with Crippen LogP contribution >= 0.6 is 18.8 Å². The molecule has 5 nitrogen and oxygen atoms in total. The summed E-state index contributed by atoms with van der Waals surface area (Å²) in [4.78, 5) is 10.3. The number of nitrogens with one attached hydrogen (secondary N) is 1. The summed E-state index contributed by atoms with van der Waals surface area (Å²) in [7, 11) is 0. The van der Waals surface area contributed by atoms with Gasteiger partial charge in [0.1, 0.15) is 0 Å². The lowest BCUT2D eigenvalue weighted by atomic mass is 10.5. The Morgan fingerprint density at radius 2 is 1.80 bits per heavy atom. The highest BCUT2D eigenvalue weighted by Gasteiger charge is 2.28. The number of carbonyl (C=O) groups is 1. The van der Waals surface area contributed by atoms with Gasteiger partial charge in [-0.3, -0.25) is 4.79 Å². The van der Waals surface area contributed by atoms with E-state index in [0.717, 1.165) is 31.4 Å². The Hall–Kier alpha value is 0.440. The van der Waals surface area contributed by atoms with Crippen LogP contribution in [0.15, 0.2) is 0 Å². The van der Waals surface area contributed by atoms with E-state index in [2.05, 4.69) is 4.72 Å². The summed E-state index contributed by atoms with van der Waals surface area (Å²) in [5, 5.41) is 0. The summed E-state index contributed by atoms with van der Waals surface area (Å²) in [6, 6.07) is -1.41. The fraction of sp³-hybridized carbons (Fsp3) is 0.909. The van der Waals surface area contributed by atoms with Crippen molar-refractivity contribution in [1.29, 1.82) is 0 Å². The van der Waals surface area contributed by atoms with E-state index in [1.165, 1.54) is 0 Å². The first-order valence-electron chi connectivity index (χ1n) is 6.75. The average Bonchev–Trinajstić information content (AvgIpc) is 2.41. The Morgan fingerprint density at radius 1 is 1.25 bits per heavy atom. The second-order valence-corrected chi connectivity index (χ2v) is 8.48. The van der Waals surface area contributed by atoms with Crippen molar-refractivity contribution in [2.45, 2.75) is 40.0 Å². The van der Waals surface area contributed by atoms with E-state index in [-0.39, 0.29) is 6.54 Å². The summed E-state index contributed by atoms with van der Waals surface area (Å²) < 4.78 is 28.1. The van der Waals surface area contributed by atoms with Gasteiger partial charge in [0.05, 0.1) is 19.8 Å². The predicted molar refractivity (Wildman–Crippen MR) is 85.5 cm³/mol. The van der Waals surface area contributed by atoms with Gasteiger partial charge in [-0.2, -0.15) is 8.47 Å². The van der Waals surface area contributed by atoms with Crippen molar-refractivity contribution in [2.75, 3.05) is 26.3 Å². The monoisotopic (exact) mass is 346 g/mol. The van der Waals surface area contributed by atoms with Crippen LogP contribution in [0.1, 0.15) is 40.0 Å². The van der Waals surface area contributed by atoms with Gasteiger partial charge in [-0.25, -0.2) is 4.72 Å². The molecule has 20 heavy (non-hydrogen) atoms. The third-order valence-electron chi connectivity index (χ3n) is 1.99. The second kappa shape index (κ2) is 12.0. The molecule has 0 saturated heterocycles. The molecule has 0 atom stereocenters. The predicted octanol–water partition coefficient (Wildman–Crippen LogP) is 3.43. The van der Waals surface area contributed by atoms with E-state index in [9.17, 15) is 9.18 Å². The molecular weight excluding hydrogens is 322 g/mol. The zero-order valence-electron chi connectivity index (χ0n) is 12.3. The summed E-state index contributed by atoms with van der Waals surface area (Å²) in [6.07, 6.45) is 2.53. The topological polar surface area (TPSA) is 50.8 Å². The third-order valence-corrected chi connectivity index (χ3v) is 6.84. The molecule has 0 radical (unpaired) electrons. The SMILES string of the molecule is CCCOP(=S)(OCCC)N(CCC)SNCC(=O)F. The Kier molecular flexibility index (Phi) is 12.3. The van der Waals surface area contributed by atoms with Crippen LogP contribution in [0.2, 0.25) is 0 Å². The number of halogens is 1. The molecule has 0 aromatic rings. The molecule has 0 unspecified atom stereocenters. The van der Waals surface area contributed by atoms with Crippen molar-refractivity contribution in [3.63, 3.8) is 0 Å². The van der Waals surface area contributed by atoms with Crippen LogP contribution in [-0.2, 0) is 25.6 Å². The van der Waals surface area contributed by atoms with Gasteiger partial charge in [0.25, 0.3) is 6.64 Å². The lowest BCUT2D eigenvalue weighted by Crippen LogP contribution is -2.24. The molecule has 0 bridgehead atoms. The van der Waals surface area contributed by atoms with Crippen LogP contribution in [0.4, 0.5) is 4.39 Å². The van der Waals surface area contributed by atoms with Crippen molar-refractivity contribution >= 4 is 36.6 Å². The van der Waals surface area contributed by atoms with Gasteiger partial charge < -0.3 is 9.05 Å². The summed E-state index contributed by atoms with van der Waals surface area (Å²) in [6.45, 7) is 4.71. The van der Waals surface area contributed by atoms with Crippen molar-refractivity contribution < 1.29 is 18.2 Å². The zero-order valence-corrected chi connectivity index (χ0v) is 14.8. The van der Waals surface area contributed by atoms with Crippen LogP contribution in [0.3, 0.4) is 0 Å². The fourth-order valence-corrected chi connectivity index (χ4v) is 5.21. The maximum Gasteiger partial charge on any atom is 0.316 e. The minimum absolute atomic E-state index is 0.359. The molecule has 0 heterocycles. The molecule has 0 aliphatic heterocycles. The smallest absolute Gasteiger partial charge is 0.316 e. The number of hydrogen-bond acceptors (Lipinski definition) is 6. The van der Waals surface area contributed by atoms with Crippen molar-refractivity contribution in [3.05, 3.63) is 0 Å². The highest BCUT2D eigenvalue weighted by Crippen LogP contribution is 2.55. The van der Waals surface area contributed by atoms with Crippen LogP contribution in [0.25, 0.3) is 0 Å². The Bertz CT molecular complexity index is 312. The van der Waals surface area contributed by atoms with Crippen molar-refractivity contribution in [1.82, 2.24) is 8.80 Å². The van der Waals surface area contributed by atoms with Crippen LogP contribution < -0.4 is 4.72 Å². The summed E-state index contributed by atoms with van der Waals surface area (Å²) in [5.74, 6) is 0. The van der Waals surface area contributed by atoms with Gasteiger partial charge in [0.2, 0.25) is 0 Å². The van der Waals surface area contributed by atoms with Gasteiger partial charge in [-0.05, 0) is 31.1 Å². The molecule has 0 amide bonds. The van der Waals surface area contributed by atoms with E-state index in [1.807, 2.05) is 20.8 Å². The molecule has 0 aliphatic carbocycles. The van der Waals surface area contributed by atoms with E-state index < -0.39 is 12.7 Å². The molecule has 0 spiro atoms. The van der Waals surface area contributed by atoms with E-state index >= 15 is 0 Å². The van der Waals surface area contributed by atoms with Gasteiger partial charge in [0, 0.05) is 18.7 Å². The quantitative estimate of drug-likeness (QED) is 0.311. The molecule has 9 heteroatoms. The first-order chi connectivity index (χ1) is 9.50. The highest BCUT2D eigenvalue weighted by atomic mass is 32.5. The summed E-state index contributed by atoms with van der Waals surface area (Å²) in [5.41, 5.74) is 0. The van der Waals surface area contributed by atoms with Crippen LogP contribution in [-0.4, -0.2) is 36.4 Å². The fourth-order valence-electron chi connectivity index (χ4n) is 1.15. The number of hydrogen-bond donors (Lipinski definition) is 1. The van der Waals surface area contributed by atoms with E-state index in [4.69, 9.17) is 20.9 Å². The van der Waals surface area contributed by atoms with E-state index in [1.54, 1.807) is 4.08 Å². The molecule has 0 fully saturated rings.